The van der Waals surface area contributed by atoms with Crippen molar-refractivity contribution in [3.8, 4) is 0 Å². The van der Waals surface area contributed by atoms with Gasteiger partial charge in [0.25, 0.3) is 0 Å². The van der Waals surface area contributed by atoms with Crippen LogP contribution in [0.5, 0.6) is 0 Å². The fraction of sp³-hybridized carbons (Fsp3) is 0.571. The zero-order chi connectivity index (χ0) is 13.3. The molecule has 2 rings (SSSR count). The minimum absolute atomic E-state index is 0.345. The molecule has 1 fully saturated rings. The minimum Gasteiger partial charge on any atom is -0.328 e. The molecule has 2 nitrogen and oxygen atoms in total. The van der Waals surface area contributed by atoms with Gasteiger partial charge in [0.15, 0.2) is 0 Å². The zero-order valence-electron chi connectivity index (χ0n) is 10.9. The van der Waals surface area contributed by atoms with Crippen LogP contribution in [0.1, 0.15) is 38.3 Å². The Labute approximate surface area is 119 Å². The predicted octanol–water partition coefficient (Wildman–Crippen LogP) is 3.87. The van der Waals surface area contributed by atoms with Gasteiger partial charge in [-0.25, -0.2) is 0 Å². The first-order chi connectivity index (χ1) is 8.49. The summed E-state index contributed by atoms with van der Waals surface area (Å²) in [5.41, 5.74) is 7.22. The number of nitrogens with zero attached hydrogens (tertiary/aromatic N) is 1. The molecule has 0 spiro atoms. The summed E-state index contributed by atoms with van der Waals surface area (Å²) >= 11 is 12.0. The first kappa shape index (κ1) is 14.1. The average molecular weight is 287 g/mol. The van der Waals surface area contributed by atoms with Gasteiger partial charge >= 0.3 is 0 Å². The Kier molecular flexibility index (Phi) is 4.54. The molecular formula is C14H20Cl2N2. The van der Waals surface area contributed by atoms with Crippen molar-refractivity contribution in [3.05, 3.63) is 33.8 Å². The van der Waals surface area contributed by atoms with Gasteiger partial charge in [0.05, 0.1) is 10.0 Å². The van der Waals surface area contributed by atoms with Gasteiger partial charge in [-0.15, -0.1) is 0 Å². The van der Waals surface area contributed by atoms with E-state index in [1.807, 2.05) is 12.1 Å². The first-order valence-electron chi connectivity index (χ1n) is 6.45. The van der Waals surface area contributed by atoms with Gasteiger partial charge < -0.3 is 5.73 Å². The maximum Gasteiger partial charge on any atom is 0.0595 e. The summed E-state index contributed by atoms with van der Waals surface area (Å²) in [7, 11) is 0. The quantitative estimate of drug-likeness (QED) is 0.894. The summed E-state index contributed by atoms with van der Waals surface area (Å²) in [5.74, 6) is 0. The van der Waals surface area contributed by atoms with Gasteiger partial charge in [0, 0.05) is 24.7 Å². The van der Waals surface area contributed by atoms with Crippen molar-refractivity contribution in [3.63, 3.8) is 0 Å². The van der Waals surface area contributed by atoms with E-state index in [1.165, 1.54) is 5.56 Å². The summed E-state index contributed by atoms with van der Waals surface area (Å²) in [6.45, 7) is 5.50. The standard InChI is InChI=1S/C14H20Cl2N2/c1-9-7-12(17)5-6-18(9)10(2)11-3-4-13(15)14(16)8-11/h3-4,8-10,12H,5-7,17H2,1-2H3. The minimum atomic E-state index is 0.345. The van der Waals surface area contributed by atoms with Crippen LogP contribution in [0.4, 0.5) is 0 Å². The fourth-order valence-electron chi connectivity index (χ4n) is 2.77. The number of hydrogen-bond donors (Lipinski definition) is 1. The Morgan fingerprint density at radius 1 is 1.33 bits per heavy atom. The molecule has 3 unspecified atom stereocenters. The molecule has 0 bridgehead atoms. The topological polar surface area (TPSA) is 29.3 Å². The number of likely N-dealkylation sites (tertiary alicyclic amines) is 1. The highest BCUT2D eigenvalue weighted by Crippen LogP contribution is 2.31. The molecule has 100 valence electrons. The summed E-state index contributed by atoms with van der Waals surface area (Å²) in [5, 5.41) is 1.24. The summed E-state index contributed by atoms with van der Waals surface area (Å²) in [6, 6.07) is 7.10. The smallest absolute Gasteiger partial charge is 0.0595 e. The van der Waals surface area contributed by atoms with E-state index < -0.39 is 0 Å². The van der Waals surface area contributed by atoms with Crippen LogP contribution in [-0.2, 0) is 0 Å². The third-order valence-electron chi connectivity index (χ3n) is 3.89. The molecule has 0 saturated carbocycles. The van der Waals surface area contributed by atoms with Crippen LogP contribution >= 0.6 is 23.2 Å². The molecule has 0 aromatic heterocycles. The molecule has 1 aromatic rings. The normalized spacial score (nSPS) is 27.2. The largest absolute Gasteiger partial charge is 0.328 e. The van der Waals surface area contributed by atoms with Crippen molar-refractivity contribution in [1.82, 2.24) is 4.90 Å². The highest BCUT2D eigenvalue weighted by molar-refractivity contribution is 6.42. The SMILES string of the molecule is CC1CC(N)CCN1C(C)c1ccc(Cl)c(Cl)c1. The summed E-state index contributed by atoms with van der Waals surface area (Å²) in [4.78, 5) is 2.49. The number of nitrogens with two attached hydrogens (primary N) is 1. The van der Waals surface area contributed by atoms with E-state index in [-0.39, 0.29) is 0 Å². The monoisotopic (exact) mass is 286 g/mol. The molecule has 3 atom stereocenters. The third kappa shape index (κ3) is 3.00. The first-order valence-corrected chi connectivity index (χ1v) is 7.21. The van der Waals surface area contributed by atoms with Crippen molar-refractivity contribution in [2.24, 2.45) is 5.73 Å². The molecule has 0 amide bonds. The van der Waals surface area contributed by atoms with Gasteiger partial charge in [-0.2, -0.15) is 0 Å². The van der Waals surface area contributed by atoms with Gasteiger partial charge in [0.2, 0.25) is 0 Å². The molecule has 1 aromatic carbocycles. The molecule has 0 radical (unpaired) electrons. The Balaban J connectivity index is 2.15. The summed E-state index contributed by atoms with van der Waals surface area (Å²) < 4.78 is 0. The van der Waals surface area contributed by atoms with E-state index in [9.17, 15) is 0 Å². The molecule has 1 aliphatic heterocycles. The fourth-order valence-corrected chi connectivity index (χ4v) is 3.07. The molecule has 18 heavy (non-hydrogen) atoms. The number of benzene rings is 1. The molecular weight excluding hydrogens is 267 g/mol. The molecule has 1 saturated heterocycles. The van der Waals surface area contributed by atoms with Crippen LogP contribution < -0.4 is 5.73 Å². The Morgan fingerprint density at radius 3 is 2.67 bits per heavy atom. The Morgan fingerprint density at radius 2 is 2.06 bits per heavy atom. The van der Waals surface area contributed by atoms with E-state index in [0.29, 0.717) is 28.2 Å². The van der Waals surface area contributed by atoms with Crippen LogP contribution in [0, 0.1) is 0 Å². The van der Waals surface area contributed by atoms with Crippen molar-refractivity contribution >= 4 is 23.2 Å². The van der Waals surface area contributed by atoms with Crippen LogP contribution in [0.25, 0.3) is 0 Å². The lowest BCUT2D eigenvalue weighted by Gasteiger charge is -2.40. The zero-order valence-corrected chi connectivity index (χ0v) is 12.4. The van der Waals surface area contributed by atoms with E-state index in [1.54, 1.807) is 0 Å². The second-order valence-corrected chi connectivity index (χ2v) is 6.04. The average Bonchev–Trinajstić information content (AvgIpc) is 2.32. The van der Waals surface area contributed by atoms with Gasteiger partial charge in [-0.3, -0.25) is 4.90 Å². The maximum atomic E-state index is 6.09. The van der Waals surface area contributed by atoms with Crippen molar-refractivity contribution in [1.29, 1.82) is 0 Å². The highest BCUT2D eigenvalue weighted by atomic mass is 35.5. The van der Waals surface area contributed by atoms with Crippen molar-refractivity contribution in [2.45, 2.75) is 44.8 Å². The molecule has 4 heteroatoms. The van der Waals surface area contributed by atoms with Crippen LogP contribution in [-0.4, -0.2) is 23.5 Å². The predicted molar refractivity (Wildman–Crippen MR) is 78.3 cm³/mol. The Hall–Kier alpha value is -0.280. The number of hydrogen-bond acceptors (Lipinski definition) is 2. The number of piperidine rings is 1. The van der Waals surface area contributed by atoms with Gasteiger partial charge in [-0.05, 0) is 44.4 Å². The van der Waals surface area contributed by atoms with E-state index in [0.717, 1.165) is 19.4 Å². The van der Waals surface area contributed by atoms with E-state index in [4.69, 9.17) is 28.9 Å². The van der Waals surface area contributed by atoms with Crippen LogP contribution in [0.2, 0.25) is 10.0 Å². The molecule has 0 aliphatic carbocycles. The van der Waals surface area contributed by atoms with E-state index >= 15 is 0 Å². The number of halogens is 2. The maximum absolute atomic E-state index is 6.09. The van der Waals surface area contributed by atoms with Crippen LogP contribution in [0.3, 0.4) is 0 Å². The second kappa shape index (κ2) is 5.79. The van der Waals surface area contributed by atoms with Crippen molar-refractivity contribution < 1.29 is 0 Å². The molecule has 2 N–H and O–H groups in total. The van der Waals surface area contributed by atoms with Crippen LogP contribution in [0.15, 0.2) is 18.2 Å². The molecule has 1 aliphatic rings. The lowest BCUT2D eigenvalue weighted by Crippen LogP contribution is -2.46. The van der Waals surface area contributed by atoms with E-state index in [2.05, 4.69) is 24.8 Å². The number of rotatable bonds is 2. The summed E-state index contributed by atoms with van der Waals surface area (Å²) in [6.07, 6.45) is 2.13. The highest BCUT2D eigenvalue weighted by Gasteiger charge is 2.27. The van der Waals surface area contributed by atoms with Gasteiger partial charge in [0.1, 0.15) is 0 Å². The third-order valence-corrected chi connectivity index (χ3v) is 4.63. The molecule has 1 heterocycles. The van der Waals surface area contributed by atoms with Gasteiger partial charge in [-0.1, -0.05) is 29.3 Å². The second-order valence-electron chi connectivity index (χ2n) is 5.22. The van der Waals surface area contributed by atoms with Crippen molar-refractivity contribution in [2.75, 3.05) is 6.54 Å². The lowest BCUT2D eigenvalue weighted by molar-refractivity contribution is 0.104. The lowest BCUT2D eigenvalue weighted by atomic mass is 9.95. The Bertz CT molecular complexity index is 422.